The number of fused-ring (bicyclic) bond motifs is 1. The number of ether oxygens (including phenoxy) is 1. The second-order valence-corrected chi connectivity index (χ2v) is 8.97. The van der Waals surface area contributed by atoms with E-state index in [9.17, 15) is 4.79 Å². The van der Waals surface area contributed by atoms with Crippen molar-refractivity contribution < 1.29 is 9.53 Å². The Morgan fingerprint density at radius 1 is 0.889 bits per heavy atom. The molecule has 0 aromatic heterocycles. The van der Waals surface area contributed by atoms with E-state index in [1.165, 1.54) is 42.2 Å². The first-order chi connectivity index (χ1) is 12.6. The fourth-order valence-corrected chi connectivity index (χ4v) is 4.02. The molecule has 1 aliphatic rings. The second kappa shape index (κ2) is 6.99. The van der Waals surface area contributed by atoms with Crippen LogP contribution >= 0.6 is 0 Å². The number of benzene rings is 2. The summed E-state index contributed by atoms with van der Waals surface area (Å²) in [4.78, 5) is 11.6. The molecule has 0 amide bonds. The highest BCUT2D eigenvalue weighted by Crippen LogP contribution is 2.46. The van der Waals surface area contributed by atoms with Crippen LogP contribution in [0.5, 0.6) is 0 Å². The highest BCUT2D eigenvalue weighted by molar-refractivity contribution is 5.90. The van der Waals surface area contributed by atoms with Gasteiger partial charge in [-0.1, -0.05) is 64.1 Å². The maximum absolute atomic E-state index is 11.6. The molecular formula is C25H30O2. The molecule has 0 saturated heterocycles. The van der Waals surface area contributed by atoms with Gasteiger partial charge in [0.25, 0.3) is 0 Å². The van der Waals surface area contributed by atoms with Crippen LogP contribution in [0.3, 0.4) is 0 Å². The Kier molecular flexibility index (Phi) is 5.03. The SMILES string of the molecule is COC(=O)c1ccc(/C(C)=C/c2ccc3c(c2)C(C)(C)CCC3(C)C)cc1. The first kappa shape index (κ1) is 19.4. The highest BCUT2D eigenvalue weighted by Gasteiger charge is 2.36. The lowest BCUT2D eigenvalue weighted by Crippen LogP contribution is -2.33. The van der Waals surface area contributed by atoms with Crippen molar-refractivity contribution in [3.8, 4) is 0 Å². The number of carbonyl (C=O) groups is 1. The average Bonchev–Trinajstić information content (AvgIpc) is 2.65. The van der Waals surface area contributed by atoms with Crippen molar-refractivity contribution in [2.75, 3.05) is 7.11 Å². The van der Waals surface area contributed by atoms with E-state index >= 15 is 0 Å². The monoisotopic (exact) mass is 362 g/mol. The van der Waals surface area contributed by atoms with Crippen LogP contribution in [0.4, 0.5) is 0 Å². The predicted molar refractivity (Wildman–Crippen MR) is 113 cm³/mol. The summed E-state index contributed by atoms with van der Waals surface area (Å²) in [5, 5.41) is 0. The lowest BCUT2D eigenvalue weighted by molar-refractivity contribution is 0.0600. The molecule has 0 saturated carbocycles. The Balaban J connectivity index is 1.94. The van der Waals surface area contributed by atoms with Crippen LogP contribution in [0, 0.1) is 0 Å². The van der Waals surface area contributed by atoms with Gasteiger partial charge in [0.05, 0.1) is 12.7 Å². The van der Waals surface area contributed by atoms with Gasteiger partial charge in [0.2, 0.25) is 0 Å². The van der Waals surface area contributed by atoms with Gasteiger partial charge in [-0.25, -0.2) is 4.79 Å². The molecule has 27 heavy (non-hydrogen) atoms. The van der Waals surface area contributed by atoms with Crippen LogP contribution < -0.4 is 0 Å². The summed E-state index contributed by atoms with van der Waals surface area (Å²) >= 11 is 0. The minimum Gasteiger partial charge on any atom is -0.465 e. The van der Waals surface area contributed by atoms with E-state index in [4.69, 9.17) is 4.74 Å². The van der Waals surface area contributed by atoms with Gasteiger partial charge in [-0.2, -0.15) is 0 Å². The van der Waals surface area contributed by atoms with Crippen molar-refractivity contribution in [2.45, 2.75) is 58.3 Å². The minimum absolute atomic E-state index is 0.213. The molecule has 2 aromatic carbocycles. The highest BCUT2D eigenvalue weighted by atomic mass is 16.5. The smallest absolute Gasteiger partial charge is 0.337 e. The molecule has 2 aromatic rings. The third-order valence-corrected chi connectivity index (χ3v) is 6.02. The molecule has 0 radical (unpaired) electrons. The van der Waals surface area contributed by atoms with Gasteiger partial charge in [0, 0.05) is 0 Å². The minimum atomic E-state index is -0.303. The summed E-state index contributed by atoms with van der Waals surface area (Å²) < 4.78 is 4.77. The molecule has 0 N–H and O–H groups in total. The maximum Gasteiger partial charge on any atom is 0.337 e. The Morgan fingerprint density at radius 3 is 2.04 bits per heavy atom. The molecule has 3 rings (SSSR count). The molecular weight excluding hydrogens is 332 g/mol. The standard InChI is InChI=1S/C25H30O2/c1-17(19-8-10-20(11-9-19)23(26)27-6)15-18-7-12-21-22(16-18)25(4,5)14-13-24(21,2)3/h7-12,15-16H,13-14H2,1-6H3/b17-15+. The number of allylic oxidation sites excluding steroid dienone is 1. The van der Waals surface area contributed by atoms with Gasteiger partial charge in [0.15, 0.2) is 0 Å². The zero-order valence-corrected chi connectivity index (χ0v) is 17.3. The average molecular weight is 363 g/mol. The molecule has 0 unspecified atom stereocenters. The van der Waals surface area contributed by atoms with Crippen molar-refractivity contribution in [3.63, 3.8) is 0 Å². The summed E-state index contributed by atoms with van der Waals surface area (Å²) in [6, 6.07) is 14.5. The Labute approximate surface area is 163 Å². The van der Waals surface area contributed by atoms with Crippen molar-refractivity contribution in [2.24, 2.45) is 0 Å². The van der Waals surface area contributed by atoms with Crippen molar-refractivity contribution in [1.82, 2.24) is 0 Å². The number of hydrogen-bond donors (Lipinski definition) is 0. The molecule has 0 aliphatic heterocycles. The van der Waals surface area contributed by atoms with Crippen molar-refractivity contribution >= 4 is 17.6 Å². The lowest BCUT2D eigenvalue weighted by atomic mass is 9.63. The van der Waals surface area contributed by atoms with E-state index in [1.54, 1.807) is 0 Å². The molecule has 2 nitrogen and oxygen atoms in total. The van der Waals surface area contributed by atoms with Gasteiger partial charge in [-0.3, -0.25) is 0 Å². The number of esters is 1. The van der Waals surface area contributed by atoms with Crippen LogP contribution in [-0.4, -0.2) is 13.1 Å². The lowest BCUT2D eigenvalue weighted by Gasteiger charge is -2.42. The van der Waals surface area contributed by atoms with E-state index in [1.807, 2.05) is 24.3 Å². The summed E-state index contributed by atoms with van der Waals surface area (Å²) in [6.07, 6.45) is 4.67. The third-order valence-electron chi connectivity index (χ3n) is 6.02. The van der Waals surface area contributed by atoms with E-state index in [-0.39, 0.29) is 16.8 Å². The van der Waals surface area contributed by atoms with E-state index in [0.29, 0.717) is 5.56 Å². The normalized spacial score (nSPS) is 17.9. The number of carbonyl (C=O) groups excluding carboxylic acids is 1. The molecule has 0 spiro atoms. The summed E-state index contributed by atoms with van der Waals surface area (Å²) in [7, 11) is 1.40. The topological polar surface area (TPSA) is 26.3 Å². The summed E-state index contributed by atoms with van der Waals surface area (Å²) in [6.45, 7) is 11.5. The molecule has 0 atom stereocenters. The summed E-state index contributed by atoms with van der Waals surface area (Å²) in [5.41, 5.74) is 7.51. The Hall–Kier alpha value is -2.35. The second-order valence-electron chi connectivity index (χ2n) is 8.97. The van der Waals surface area contributed by atoms with Crippen molar-refractivity contribution in [3.05, 3.63) is 70.3 Å². The summed E-state index contributed by atoms with van der Waals surface area (Å²) in [5.74, 6) is -0.303. The van der Waals surface area contributed by atoms with Gasteiger partial charge >= 0.3 is 5.97 Å². The van der Waals surface area contributed by atoms with Crippen LogP contribution in [0.1, 0.15) is 80.1 Å². The molecule has 0 heterocycles. The van der Waals surface area contributed by atoms with Crippen LogP contribution in [-0.2, 0) is 15.6 Å². The van der Waals surface area contributed by atoms with Gasteiger partial charge in [-0.15, -0.1) is 0 Å². The largest absolute Gasteiger partial charge is 0.465 e. The maximum atomic E-state index is 11.6. The number of hydrogen-bond acceptors (Lipinski definition) is 2. The van der Waals surface area contributed by atoms with Crippen LogP contribution in [0.25, 0.3) is 11.6 Å². The van der Waals surface area contributed by atoms with E-state index < -0.39 is 0 Å². The first-order valence-electron chi connectivity index (χ1n) is 9.66. The number of rotatable bonds is 3. The predicted octanol–water partition coefficient (Wildman–Crippen LogP) is 6.38. The first-order valence-corrected chi connectivity index (χ1v) is 9.66. The zero-order valence-electron chi connectivity index (χ0n) is 17.3. The van der Waals surface area contributed by atoms with Crippen LogP contribution in [0.2, 0.25) is 0 Å². The van der Waals surface area contributed by atoms with Gasteiger partial charge in [0.1, 0.15) is 0 Å². The van der Waals surface area contributed by atoms with Gasteiger partial charge in [-0.05, 0) is 70.6 Å². The molecule has 2 heteroatoms. The van der Waals surface area contributed by atoms with E-state index in [2.05, 4.69) is 58.9 Å². The molecule has 1 aliphatic carbocycles. The Bertz CT molecular complexity index is 883. The molecule has 142 valence electrons. The molecule has 0 fully saturated rings. The molecule has 0 bridgehead atoms. The third kappa shape index (κ3) is 3.85. The zero-order chi connectivity index (χ0) is 19.8. The van der Waals surface area contributed by atoms with E-state index in [0.717, 1.165) is 5.56 Å². The van der Waals surface area contributed by atoms with Crippen LogP contribution in [0.15, 0.2) is 42.5 Å². The fraction of sp³-hybridized carbons (Fsp3) is 0.400. The Morgan fingerprint density at radius 2 is 1.44 bits per heavy atom. The fourth-order valence-electron chi connectivity index (χ4n) is 4.02. The van der Waals surface area contributed by atoms with Gasteiger partial charge < -0.3 is 4.74 Å². The quantitative estimate of drug-likeness (QED) is 0.467. The van der Waals surface area contributed by atoms with Crippen molar-refractivity contribution in [1.29, 1.82) is 0 Å². The number of methoxy groups -OCH3 is 1.